The molecule has 13 heteroatoms. The zero-order valence-corrected chi connectivity index (χ0v) is 17.5. The fourth-order valence-corrected chi connectivity index (χ4v) is 3.09. The molecule has 0 atom stereocenters. The molecule has 0 saturated carbocycles. The van der Waals surface area contributed by atoms with E-state index in [9.17, 15) is 35.9 Å². The molecule has 0 N–H and O–H groups in total. The van der Waals surface area contributed by atoms with Crippen LogP contribution in [0.25, 0.3) is 11.3 Å². The van der Waals surface area contributed by atoms with Gasteiger partial charge in [-0.15, -0.1) is 0 Å². The molecule has 6 nitrogen and oxygen atoms in total. The van der Waals surface area contributed by atoms with Gasteiger partial charge in [0.2, 0.25) is 0 Å². The quantitative estimate of drug-likeness (QED) is 0.362. The number of nitrogens with zero attached hydrogens (tertiary/aromatic N) is 4. The Morgan fingerprint density at radius 1 is 0.781 bits per heavy atom. The maximum absolute atomic E-state index is 13.4. The highest BCUT2D eigenvalue weighted by molar-refractivity contribution is 9.10. The van der Waals surface area contributed by atoms with Crippen LogP contribution in [0.2, 0.25) is 0 Å². The van der Waals surface area contributed by atoms with Crippen LogP contribution in [0.3, 0.4) is 0 Å². The molecule has 0 spiro atoms. The maximum Gasteiger partial charge on any atom is 0.280 e. The first-order valence-corrected chi connectivity index (χ1v) is 9.41. The fourth-order valence-electron chi connectivity index (χ4n) is 2.68. The van der Waals surface area contributed by atoms with Crippen molar-refractivity contribution in [1.29, 1.82) is 0 Å². The van der Waals surface area contributed by atoms with Crippen LogP contribution in [0.4, 0.5) is 26.3 Å². The molecule has 4 rings (SSSR count). The lowest BCUT2D eigenvalue weighted by atomic mass is 10.3. The van der Waals surface area contributed by atoms with Crippen molar-refractivity contribution in [3.8, 4) is 0 Å². The summed E-state index contributed by atoms with van der Waals surface area (Å²) in [6, 6.07) is 3.58. The Morgan fingerprint density at radius 2 is 1.22 bits per heavy atom. The minimum atomic E-state index is -2.90. The van der Waals surface area contributed by atoms with Crippen molar-refractivity contribution in [2.75, 3.05) is 0 Å². The van der Waals surface area contributed by atoms with E-state index in [4.69, 9.17) is 0 Å². The Labute approximate surface area is 182 Å². The van der Waals surface area contributed by atoms with E-state index >= 15 is 0 Å². The number of hydrogen-bond donors (Lipinski definition) is 0. The summed E-state index contributed by atoms with van der Waals surface area (Å²) in [7, 11) is 0. The van der Waals surface area contributed by atoms with Crippen LogP contribution in [0, 0.1) is 18.6 Å². The highest BCUT2D eigenvalue weighted by Crippen LogP contribution is 2.19. The third kappa shape index (κ3) is 4.82. The number of aromatic nitrogens is 4. The van der Waals surface area contributed by atoms with Crippen LogP contribution >= 0.6 is 15.9 Å². The summed E-state index contributed by atoms with van der Waals surface area (Å²) in [5.74, 6) is -1.63. The third-order valence-corrected chi connectivity index (χ3v) is 4.46. The van der Waals surface area contributed by atoms with Gasteiger partial charge in [0.1, 0.15) is 11.4 Å². The Hall–Kier alpha value is -3.22. The Kier molecular flexibility index (Phi) is 6.67. The van der Waals surface area contributed by atoms with Gasteiger partial charge in [0, 0.05) is 29.0 Å². The fraction of sp³-hybridized carbons (Fsp3) is 0.158. The average molecular weight is 521 g/mol. The molecule has 0 unspecified atom stereocenters. The zero-order valence-electron chi connectivity index (χ0n) is 15.9. The molecule has 0 aliphatic rings. The lowest BCUT2D eigenvalue weighted by Crippen LogP contribution is -2.17. The van der Waals surface area contributed by atoms with Crippen LogP contribution in [-0.2, 0) is 0 Å². The number of alkyl halides is 4. The summed E-state index contributed by atoms with van der Waals surface area (Å²) in [5.41, 5.74) is -3.19. The third-order valence-electron chi connectivity index (χ3n) is 4.02. The SMILES string of the molecule is Cc1cc(F)c2nc(C(F)F)cc(=O)n2c1.O=c1cc(C(F)F)nc2c(F)cc(Br)cn12. The second-order valence-corrected chi connectivity index (χ2v) is 7.31. The molecule has 32 heavy (non-hydrogen) atoms. The van der Waals surface area contributed by atoms with Crippen LogP contribution in [0.15, 0.2) is 50.7 Å². The van der Waals surface area contributed by atoms with Gasteiger partial charge in [-0.3, -0.25) is 18.4 Å². The van der Waals surface area contributed by atoms with Crippen LogP contribution < -0.4 is 11.1 Å². The molecule has 0 saturated heterocycles. The molecule has 4 aromatic rings. The summed E-state index contributed by atoms with van der Waals surface area (Å²) in [6.07, 6.45) is -3.18. The summed E-state index contributed by atoms with van der Waals surface area (Å²) in [6.45, 7) is 1.59. The van der Waals surface area contributed by atoms with Crippen molar-refractivity contribution in [3.63, 3.8) is 0 Å². The molecule has 4 heterocycles. The van der Waals surface area contributed by atoms with E-state index in [1.165, 1.54) is 12.4 Å². The molecule has 0 aromatic carbocycles. The smallest absolute Gasteiger partial charge is 0.269 e. The van der Waals surface area contributed by atoms with Gasteiger partial charge in [-0.05, 0) is 40.5 Å². The standard InChI is InChI=1S/C10H7F3N2O.C9H4BrF3N2O/c1-5-2-6(11)10-14-7(9(12)13)3-8(16)15(10)4-5;10-4-1-5(11)9-14-6(8(12)13)2-7(16)15(9)3-4/h2-4,9H,1H3;1-3,8H. The average Bonchev–Trinajstić information content (AvgIpc) is 2.69. The molecule has 4 aromatic heterocycles. The molecule has 0 fully saturated rings. The van der Waals surface area contributed by atoms with E-state index in [2.05, 4.69) is 25.9 Å². The largest absolute Gasteiger partial charge is 0.280 e. The number of aryl methyl sites for hydroxylation is 1. The number of halogens is 7. The molecule has 0 bridgehead atoms. The van der Waals surface area contributed by atoms with E-state index in [0.29, 0.717) is 22.2 Å². The van der Waals surface area contributed by atoms with E-state index in [-0.39, 0.29) is 5.65 Å². The van der Waals surface area contributed by atoms with Gasteiger partial charge in [0.15, 0.2) is 22.9 Å². The van der Waals surface area contributed by atoms with Crippen LogP contribution in [0.1, 0.15) is 29.8 Å². The number of fused-ring (bicyclic) bond motifs is 2. The van der Waals surface area contributed by atoms with Crippen molar-refractivity contribution in [2.45, 2.75) is 19.8 Å². The molecular weight excluding hydrogens is 510 g/mol. The van der Waals surface area contributed by atoms with Crippen LogP contribution in [-0.4, -0.2) is 18.8 Å². The summed E-state index contributed by atoms with van der Waals surface area (Å²) in [4.78, 5) is 29.6. The van der Waals surface area contributed by atoms with E-state index in [1.807, 2.05) is 0 Å². The van der Waals surface area contributed by atoms with Crippen molar-refractivity contribution in [1.82, 2.24) is 18.8 Å². The predicted octanol–water partition coefficient (Wildman–Crippen LogP) is 4.61. The normalized spacial score (nSPS) is 11.3. The lowest BCUT2D eigenvalue weighted by molar-refractivity contribution is 0.145. The number of pyridine rings is 2. The summed E-state index contributed by atoms with van der Waals surface area (Å²) >= 11 is 2.99. The Bertz CT molecular complexity index is 1330. The predicted molar refractivity (Wildman–Crippen MR) is 105 cm³/mol. The molecular formula is C19H11BrF6N4O2. The van der Waals surface area contributed by atoms with Gasteiger partial charge in [-0.25, -0.2) is 36.3 Å². The monoisotopic (exact) mass is 520 g/mol. The molecule has 0 radical (unpaired) electrons. The van der Waals surface area contributed by atoms with Crippen molar-refractivity contribution in [3.05, 3.63) is 90.4 Å². The van der Waals surface area contributed by atoms with E-state index in [0.717, 1.165) is 20.9 Å². The molecule has 0 aliphatic carbocycles. The van der Waals surface area contributed by atoms with Crippen molar-refractivity contribution in [2.24, 2.45) is 0 Å². The second-order valence-electron chi connectivity index (χ2n) is 6.40. The van der Waals surface area contributed by atoms with Gasteiger partial charge < -0.3 is 0 Å². The molecule has 0 amide bonds. The number of hydrogen-bond acceptors (Lipinski definition) is 4. The minimum absolute atomic E-state index is 0.325. The minimum Gasteiger partial charge on any atom is -0.269 e. The lowest BCUT2D eigenvalue weighted by Gasteiger charge is -2.05. The highest BCUT2D eigenvalue weighted by atomic mass is 79.9. The van der Waals surface area contributed by atoms with E-state index < -0.39 is 52.6 Å². The van der Waals surface area contributed by atoms with Gasteiger partial charge in [-0.1, -0.05) is 0 Å². The van der Waals surface area contributed by atoms with Crippen molar-refractivity contribution >= 4 is 27.2 Å². The van der Waals surface area contributed by atoms with Crippen molar-refractivity contribution < 1.29 is 26.3 Å². The maximum atomic E-state index is 13.4. The Balaban J connectivity index is 0.000000181. The number of rotatable bonds is 2. The Morgan fingerprint density at radius 3 is 1.69 bits per heavy atom. The first-order chi connectivity index (χ1) is 15.0. The zero-order chi connectivity index (χ0) is 23.7. The van der Waals surface area contributed by atoms with Gasteiger partial charge in [0.05, 0.1) is 0 Å². The first kappa shape index (κ1) is 23.4. The summed E-state index contributed by atoms with van der Waals surface area (Å²) in [5, 5.41) is 0. The topological polar surface area (TPSA) is 68.7 Å². The van der Waals surface area contributed by atoms with Gasteiger partial charge >= 0.3 is 0 Å². The first-order valence-electron chi connectivity index (χ1n) is 8.62. The highest BCUT2D eigenvalue weighted by Gasteiger charge is 2.15. The molecule has 0 aliphatic heterocycles. The van der Waals surface area contributed by atoms with Gasteiger partial charge in [0.25, 0.3) is 24.0 Å². The molecule has 168 valence electrons. The summed E-state index contributed by atoms with van der Waals surface area (Å²) < 4.78 is 78.3. The van der Waals surface area contributed by atoms with Crippen LogP contribution in [0.5, 0.6) is 0 Å². The van der Waals surface area contributed by atoms with Gasteiger partial charge in [-0.2, -0.15) is 0 Å². The van der Waals surface area contributed by atoms with E-state index in [1.54, 1.807) is 6.92 Å². The second kappa shape index (κ2) is 9.10.